The van der Waals surface area contributed by atoms with Crippen molar-refractivity contribution < 1.29 is 15.3 Å². The van der Waals surface area contributed by atoms with Gasteiger partial charge in [0.25, 0.3) is 0 Å². The lowest BCUT2D eigenvalue weighted by atomic mass is 9.96. The number of aromatic nitrogens is 1. The maximum atomic E-state index is 10.4. The zero-order valence-electron chi connectivity index (χ0n) is 12.7. The third-order valence-corrected chi connectivity index (χ3v) is 4.14. The zero-order valence-corrected chi connectivity index (χ0v) is 12.7. The summed E-state index contributed by atoms with van der Waals surface area (Å²) in [4.78, 5) is 3.01. The summed E-state index contributed by atoms with van der Waals surface area (Å²) in [6.45, 7) is 0. The van der Waals surface area contributed by atoms with Crippen LogP contribution in [0.4, 0.5) is 0 Å². The van der Waals surface area contributed by atoms with Gasteiger partial charge in [-0.1, -0.05) is 36.4 Å². The van der Waals surface area contributed by atoms with Crippen LogP contribution in [0.15, 0.2) is 66.7 Å². The van der Waals surface area contributed by atoms with Crippen molar-refractivity contribution >= 4 is 10.9 Å². The molecule has 0 fully saturated rings. The highest BCUT2D eigenvalue weighted by Gasteiger charge is 2.17. The van der Waals surface area contributed by atoms with E-state index in [4.69, 9.17) is 0 Å². The number of hydrogen-bond acceptors (Lipinski definition) is 3. The average Bonchev–Trinajstić information content (AvgIpc) is 2.92. The first-order valence-corrected chi connectivity index (χ1v) is 7.56. The highest BCUT2D eigenvalue weighted by molar-refractivity contribution is 6.07. The molecular weight excluding hydrogens is 302 g/mol. The van der Waals surface area contributed by atoms with Gasteiger partial charge in [-0.05, 0) is 47.0 Å². The number of rotatable bonds is 2. The van der Waals surface area contributed by atoms with Crippen LogP contribution < -0.4 is 0 Å². The Morgan fingerprint density at radius 2 is 1.21 bits per heavy atom. The van der Waals surface area contributed by atoms with Crippen LogP contribution in [-0.4, -0.2) is 20.3 Å². The Morgan fingerprint density at radius 1 is 0.625 bits per heavy atom. The van der Waals surface area contributed by atoms with E-state index in [9.17, 15) is 15.3 Å². The van der Waals surface area contributed by atoms with Crippen LogP contribution >= 0.6 is 0 Å². The summed E-state index contributed by atoms with van der Waals surface area (Å²) in [7, 11) is 0. The standard InChI is InChI=1S/C20H15NO3/c22-14-8-4-12(5-9-14)16-2-1-3-17-19(16)18(20(24)21-17)13-6-10-15(23)11-7-13/h1-11,21-24H. The van der Waals surface area contributed by atoms with Gasteiger partial charge in [0.15, 0.2) is 5.88 Å². The first-order chi connectivity index (χ1) is 11.6. The second kappa shape index (κ2) is 5.35. The molecule has 3 aromatic carbocycles. The SMILES string of the molecule is Oc1ccc(-c2cccc3[nH]c(O)c(-c4ccc(O)cc4)c23)cc1. The predicted molar refractivity (Wildman–Crippen MR) is 94.2 cm³/mol. The Hall–Kier alpha value is -3.40. The quantitative estimate of drug-likeness (QED) is 0.436. The lowest BCUT2D eigenvalue weighted by molar-refractivity contribution is 0.460. The van der Waals surface area contributed by atoms with E-state index in [0.29, 0.717) is 5.56 Å². The minimum atomic E-state index is 0.0851. The fourth-order valence-corrected chi connectivity index (χ4v) is 3.02. The van der Waals surface area contributed by atoms with Gasteiger partial charge in [0.2, 0.25) is 0 Å². The van der Waals surface area contributed by atoms with E-state index >= 15 is 0 Å². The van der Waals surface area contributed by atoms with Crippen LogP contribution in [-0.2, 0) is 0 Å². The molecule has 4 N–H and O–H groups in total. The molecule has 0 saturated heterocycles. The molecule has 0 amide bonds. The van der Waals surface area contributed by atoms with Gasteiger partial charge in [-0.15, -0.1) is 0 Å². The summed E-state index contributed by atoms with van der Waals surface area (Å²) >= 11 is 0. The Labute approximate surface area is 138 Å². The molecule has 4 rings (SSSR count). The Balaban J connectivity index is 2.02. The van der Waals surface area contributed by atoms with E-state index in [2.05, 4.69) is 4.98 Å². The molecule has 0 saturated carbocycles. The van der Waals surface area contributed by atoms with Crippen LogP contribution in [0.2, 0.25) is 0 Å². The second-order valence-corrected chi connectivity index (χ2v) is 5.67. The number of benzene rings is 3. The van der Waals surface area contributed by atoms with Crippen molar-refractivity contribution in [2.75, 3.05) is 0 Å². The van der Waals surface area contributed by atoms with Gasteiger partial charge in [-0.2, -0.15) is 0 Å². The number of phenolic OH excluding ortho intramolecular Hbond substituents is 2. The molecule has 118 valence electrons. The van der Waals surface area contributed by atoms with E-state index in [1.165, 1.54) is 0 Å². The van der Waals surface area contributed by atoms with E-state index in [1.54, 1.807) is 36.4 Å². The van der Waals surface area contributed by atoms with Crippen LogP contribution in [0, 0.1) is 0 Å². The molecular formula is C20H15NO3. The normalized spacial score (nSPS) is 11.0. The lowest BCUT2D eigenvalue weighted by Crippen LogP contribution is -1.82. The second-order valence-electron chi connectivity index (χ2n) is 5.67. The molecule has 0 radical (unpaired) electrons. The van der Waals surface area contributed by atoms with E-state index in [0.717, 1.165) is 27.6 Å². The topological polar surface area (TPSA) is 76.5 Å². The van der Waals surface area contributed by atoms with Crippen molar-refractivity contribution in [3.05, 3.63) is 66.7 Å². The summed E-state index contributed by atoms with van der Waals surface area (Å²) in [5.74, 6) is 0.473. The molecule has 1 heterocycles. The smallest absolute Gasteiger partial charge is 0.197 e. The van der Waals surface area contributed by atoms with Crippen molar-refractivity contribution in [2.24, 2.45) is 0 Å². The van der Waals surface area contributed by atoms with Crippen molar-refractivity contribution in [1.82, 2.24) is 4.98 Å². The molecule has 4 nitrogen and oxygen atoms in total. The van der Waals surface area contributed by atoms with Crippen molar-refractivity contribution in [3.63, 3.8) is 0 Å². The molecule has 4 heteroatoms. The highest BCUT2D eigenvalue weighted by atomic mass is 16.3. The number of phenols is 2. The monoisotopic (exact) mass is 317 g/mol. The summed E-state index contributed by atoms with van der Waals surface area (Å²) < 4.78 is 0. The third kappa shape index (κ3) is 2.25. The Morgan fingerprint density at radius 3 is 1.83 bits per heavy atom. The zero-order chi connectivity index (χ0) is 16.7. The highest BCUT2D eigenvalue weighted by Crippen LogP contribution is 2.42. The summed E-state index contributed by atoms with van der Waals surface area (Å²) in [5.41, 5.74) is 4.21. The summed E-state index contributed by atoms with van der Waals surface area (Å²) in [6, 6.07) is 19.5. The maximum absolute atomic E-state index is 10.4. The first kappa shape index (κ1) is 14.2. The maximum Gasteiger partial charge on any atom is 0.197 e. The van der Waals surface area contributed by atoms with E-state index in [-0.39, 0.29) is 17.4 Å². The fraction of sp³-hybridized carbons (Fsp3) is 0. The molecule has 0 bridgehead atoms. The molecule has 0 spiro atoms. The number of aromatic hydroxyl groups is 3. The predicted octanol–water partition coefficient (Wildman–Crippen LogP) is 4.62. The van der Waals surface area contributed by atoms with Gasteiger partial charge in [0.1, 0.15) is 11.5 Å². The third-order valence-electron chi connectivity index (χ3n) is 4.14. The van der Waals surface area contributed by atoms with Crippen molar-refractivity contribution in [1.29, 1.82) is 0 Å². The van der Waals surface area contributed by atoms with Crippen LogP contribution in [0.3, 0.4) is 0 Å². The van der Waals surface area contributed by atoms with Gasteiger partial charge < -0.3 is 20.3 Å². The summed E-state index contributed by atoms with van der Waals surface area (Å²) in [6.07, 6.45) is 0. The van der Waals surface area contributed by atoms with Gasteiger partial charge in [-0.25, -0.2) is 0 Å². The van der Waals surface area contributed by atoms with E-state index < -0.39 is 0 Å². The van der Waals surface area contributed by atoms with Crippen molar-refractivity contribution in [3.8, 4) is 39.6 Å². The van der Waals surface area contributed by atoms with Crippen LogP contribution in [0.25, 0.3) is 33.2 Å². The molecule has 1 aromatic heterocycles. The molecule has 24 heavy (non-hydrogen) atoms. The van der Waals surface area contributed by atoms with Gasteiger partial charge in [-0.3, -0.25) is 0 Å². The Kier molecular flexibility index (Phi) is 3.17. The number of nitrogens with one attached hydrogen (secondary N) is 1. The molecule has 0 aliphatic rings. The largest absolute Gasteiger partial charge is 0.508 e. The lowest BCUT2D eigenvalue weighted by Gasteiger charge is -2.07. The number of H-pyrrole nitrogens is 1. The average molecular weight is 317 g/mol. The Bertz CT molecular complexity index is 1020. The summed E-state index contributed by atoms with van der Waals surface area (Å²) in [5, 5.41) is 30.3. The minimum absolute atomic E-state index is 0.0851. The first-order valence-electron chi connectivity index (χ1n) is 7.56. The van der Waals surface area contributed by atoms with Gasteiger partial charge in [0, 0.05) is 10.9 Å². The molecule has 0 atom stereocenters. The van der Waals surface area contributed by atoms with Gasteiger partial charge >= 0.3 is 0 Å². The molecule has 4 aromatic rings. The number of aromatic amines is 1. The van der Waals surface area contributed by atoms with Gasteiger partial charge in [0.05, 0.1) is 5.56 Å². The molecule has 0 unspecified atom stereocenters. The minimum Gasteiger partial charge on any atom is -0.508 e. The fourth-order valence-electron chi connectivity index (χ4n) is 3.02. The van der Waals surface area contributed by atoms with Crippen LogP contribution in [0.5, 0.6) is 17.4 Å². The number of hydrogen-bond donors (Lipinski definition) is 4. The number of fused-ring (bicyclic) bond motifs is 1. The van der Waals surface area contributed by atoms with Crippen LogP contribution in [0.1, 0.15) is 0 Å². The van der Waals surface area contributed by atoms with Crippen molar-refractivity contribution in [2.45, 2.75) is 0 Å². The molecule has 0 aliphatic carbocycles. The van der Waals surface area contributed by atoms with E-state index in [1.807, 2.05) is 30.3 Å². The molecule has 0 aliphatic heterocycles.